The van der Waals surface area contributed by atoms with Gasteiger partial charge in [0.15, 0.2) is 0 Å². The maximum atomic E-state index is 11.9. The first kappa shape index (κ1) is 15.5. The van der Waals surface area contributed by atoms with Crippen molar-refractivity contribution in [3.63, 3.8) is 0 Å². The van der Waals surface area contributed by atoms with Crippen molar-refractivity contribution in [1.82, 2.24) is 14.9 Å². The summed E-state index contributed by atoms with van der Waals surface area (Å²) in [6.45, 7) is 2.89. The van der Waals surface area contributed by atoms with E-state index in [-0.39, 0.29) is 12.5 Å². The highest BCUT2D eigenvalue weighted by Crippen LogP contribution is 2.19. The van der Waals surface area contributed by atoms with Crippen LogP contribution in [0, 0.1) is 6.92 Å². The molecule has 112 valence electrons. The largest absolute Gasteiger partial charge is 0.338 e. The molecule has 0 aliphatic heterocycles. The van der Waals surface area contributed by atoms with Crippen LogP contribution in [0.2, 0.25) is 5.02 Å². The number of carbonyl (C=O) groups excluding carboxylic acids is 1. The minimum atomic E-state index is -0.0831. The standard InChI is InChI=1S/C15H19ClN4O/c1-11-3-4-12(16)9-13(11)19-15(21)10-17-6-5-14-18-7-8-20(14)2/h3-4,7-9,17H,5-6,10H2,1-2H3,(H,19,21). The van der Waals surface area contributed by atoms with Gasteiger partial charge in [0.2, 0.25) is 5.91 Å². The fraction of sp³-hybridized carbons (Fsp3) is 0.333. The van der Waals surface area contributed by atoms with Crippen molar-refractivity contribution < 1.29 is 4.79 Å². The third kappa shape index (κ3) is 4.58. The molecule has 0 fully saturated rings. The van der Waals surface area contributed by atoms with Crippen LogP contribution < -0.4 is 10.6 Å². The Balaban J connectivity index is 1.75. The van der Waals surface area contributed by atoms with Crippen molar-refractivity contribution in [2.75, 3.05) is 18.4 Å². The molecule has 0 saturated carbocycles. The normalized spacial score (nSPS) is 10.6. The first-order chi connectivity index (χ1) is 10.1. The molecule has 0 aliphatic rings. The molecule has 0 aliphatic carbocycles. The number of halogens is 1. The molecule has 0 spiro atoms. The number of aryl methyl sites for hydroxylation is 2. The molecule has 0 saturated heterocycles. The lowest BCUT2D eigenvalue weighted by atomic mass is 10.2. The summed E-state index contributed by atoms with van der Waals surface area (Å²) < 4.78 is 1.97. The Morgan fingerprint density at radius 3 is 2.95 bits per heavy atom. The van der Waals surface area contributed by atoms with Crippen LogP contribution in [0.5, 0.6) is 0 Å². The predicted octanol–water partition coefficient (Wildman–Crippen LogP) is 2.15. The van der Waals surface area contributed by atoms with E-state index in [0.29, 0.717) is 11.6 Å². The minimum Gasteiger partial charge on any atom is -0.338 e. The van der Waals surface area contributed by atoms with Crippen LogP contribution in [0.4, 0.5) is 5.69 Å². The summed E-state index contributed by atoms with van der Waals surface area (Å²) in [5.41, 5.74) is 1.74. The van der Waals surface area contributed by atoms with E-state index in [2.05, 4.69) is 15.6 Å². The number of nitrogens with one attached hydrogen (secondary N) is 2. The number of imidazole rings is 1. The zero-order valence-electron chi connectivity index (χ0n) is 12.2. The summed E-state index contributed by atoms with van der Waals surface area (Å²) >= 11 is 5.92. The van der Waals surface area contributed by atoms with Gasteiger partial charge in [0.1, 0.15) is 5.82 Å². The van der Waals surface area contributed by atoms with Crippen molar-refractivity contribution in [2.45, 2.75) is 13.3 Å². The van der Waals surface area contributed by atoms with Crippen molar-refractivity contribution in [3.05, 3.63) is 47.0 Å². The monoisotopic (exact) mass is 306 g/mol. The Labute approximate surface area is 129 Å². The highest BCUT2D eigenvalue weighted by atomic mass is 35.5. The molecular weight excluding hydrogens is 288 g/mol. The lowest BCUT2D eigenvalue weighted by molar-refractivity contribution is -0.115. The molecule has 21 heavy (non-hydrogen) atoms. The molecule has 1 heterocycles. The van der Waals surface area contributed by atoms with Crippen LogP contribution in [0.1, 0.15) is 11.4 Å². The zero-order chi connectivity index (χ0) is 15.2. The van der Waals surface area contributed by atoms with Gasteiger partial charge in [-0.15, -0.1) is 0 Å². The Bertz CT molecular complexity index is 624. The van der Waals surface area contributed by atoms with E-state index in [9.17, 15) is 4.79 Å². The molecule has 0 bridgehead atoms. The molecule has 1 amide bonds. The molecule has 6 heteroatoms. The lowest BCUT2D eigenvalue weighted by Gasteiger charge is -2.09. The van der Waals surface area contributed by atoms with Gasteiger partial charge in [-0.3, -0.25) is 4.79 Å². The number of rotatable bonds is 6. The van der Waals surface area contributed by atoms with E-state index in [1.54, 1.807) is 18.3 Å². The first-order valence-corrected chi connectivity index (χ1v) is 7.17. The summed E-state index contributed by atoms with van der Waals surface area (Å²) in [6, 6.07) is 5.44. The fourth-order valence-electron chi connectivity index (χ4n) is 1.96. The molecule has 5 nitrogen and oxygen atoms in total. The molecular formula is C15H19ClN4O. The Morgan fingerprint density at radius 1 is 1.43 bits per heavy atom. The van der Waals surface area contributed by atoms with Gasteiger partial charge in [0.25, 0.3) is 0 Å². The van der Waals surface area contributed by atoms with Gasteiger partial charge in [-0.1, -0.05) is 17.7 Å². The summed E-state index contributed by atoms with van der Waals surface area (Å²) in [5, 5.41) is 6.57. The van der Waals surface area contributed by atoms with Gasteiger partial charge in [-0.05, 0) is 24.6 Å². The van der Waals surface area contributed by atoms with Gasteiger partial charge in [-0.25, -0.2) is 4.98 Å². The molecule has 2 N–H and O–H groups in total. The average Bonchev–Trinajstić information content (AvgIpc) is 2.84. The number of nitrogens with zero attached hydrogens (tertiary/aromatic N) is 2. The number of carbonyl (C=O) groups is 1. The average molecular weight is 307 g/mol. The molecule has 0 unspecified atom stereocenters. The van der Waals surface area contributed by atoms with E-state index in [4.69, 9.17) is 11.6 Å². The van der Waals surface area contributed by atoms with Crippen LogP contribution in [-0.4, -0.2) is 28.5 Å². The second-order valence-electron chi connectivity index (χ2n) is 4.89. The van der Waals surface area contributed by atoms with Crippen LogP contribution >= 0.6 is 11.6 Å². The van der Waals surface area contributed by atoms with Gasteiger partial charge < -0.3 is 15.2 Å². The van der Waals surface area contributed by atoms with Gasteiger partial charge >= 0.3 is 0 Å². The van der Waals surface area contributed by atoms with Gasteiger partial charge in [0, 0.05) is 43.1 Å². The van der Waals surface area contributed by atoms with Crippen molar-refractivity contribution >= 4 is 23.2 Å². The topological polar surface area (TPSA) is 59.0 Å². The maximum Gasteiger partial charge on any atom is 0.238 e. The second kappa shape index (κ2) is 7.24. The van der Waals surface area contributed by atoms with Crippen molar-refractivity contribution in [3.8, 4) is 0 Å². The number of amides is 1. The number of hydrogen-bond acceptors (Lipinski definition) is 3. The van der Waals surface area contributed by atoms with Crippen molar-refractivity contribution in [1.29, 1.82) is 0 Å². The zero-order valence-corrected chi connectivity index (χ0v) is 12.9. The summed E-state index contributed by atoms with van der Waals surface area (Å²) in [4.78, 5) is 16.1. The Hall–Kier alpha value is -1.85. The highest BCUT2D eigenvalue weighted by Gasteiger charge is 2.05. The smallest absolute Gasteiger partial charge is 0.238 e. The van der Waals surface area contributed by atoms with Crippen LogP contribution in [0.3, 0.4) is 0 Å². The third-order valence-electron chi connectivity index (χ3n) is 3.21. The van der Waals surface area contributed by atoms with Crippen LogP contribution in [0.25, 0.3) is 0 Å². The van der Waals surface area contributed by atoms with E-state index in [0.717, 1.165) is 23.5 Å². The molecule has 0 atom stereocenters. The molecule has 2 aromatic rings. The predicted molar refractivity (Wildman–Crippen MR) is 84.6 cm³/mol. The molecule has 1 aromatic heterocycles. The second-order valence-corrected chi connectivity index (χ2v) is 5.33. The summed E-state index contributed by atoms with van der Waals surface area (Å²) in [7, 11) is 1.96. The molecule has 2 rings (SSSR count). The summed E-state index contributed by atoms with van der Waals surface area (Å²) in [5.74, 6) is 0.911. The third-order valence-corrected chi connectivity index (χ3v) is 3.44. The lowest BCUT2D eigenvalue weighted by Crippen LogP contribution is -2.30. The summed E-state index contributed by atoms with van der Waals surface area (Å²) in [6.07, 6.45) is 4.46. The number of aromatic nitrogens is 2. The molecule has 0 radical (unpaired) electrons. The first-order valence-electron chi connectivity index (χ1n) is 6.79. The van der Waals surface area contributed by atoms with Gasteiger partial charge in [-0.2, -0.15) is 0 Å². The van der Waals surface area contributed by atoms with Crippen LogP contribution in [0.15, 0.2) is 30.6 Å². The van der Waals surface area contributed by atoms with E-state index < -0.39 is 0 Å². The highest BCUT2D eigenvalue weighted by molar-refractivity contribution is 6.31. The number of benzene rings is 1. The Kier molecular flexibility index (Phi) is 5.36. The molecule has 1 aromatic carbocycles. The SMILES string of the molecule is Cc1ccc(Cl)cc1NC(=O)CNCCc1nccn1C. The Morgan fingerprint density at radius 2 is 2.24 bits per heavy atom. The quantitative estimate of drug-likeness (QED) is 0.804. The number of anilines is 1. The van der Waals surface area contributed by atoms with Crippen LogP contribution in [-0.2, 0) is 18.3 Å². The minimum absolute atomic E-state index is 0.0831. The fourth-order valence-corrected chi connectivity index (χ4v) is 2.13. The van der Waals surface area contributed by atoms with E-state index >= 15 is 0 Å². The van der Waals surface area contributed by atoms with E-state index in [1.807, 2.05) is 30.8 Å². The van der Waals surface area contributed by atoms with E-state index in [1.165, 1.54) is 0 Å². The van der Waals surface area contributed by atoms with Gasteiger partial charge in [0.05, 0.1) is 6.54 Å². The number of hydrogen-bond donors (Lipinski definition) is 2. The van der Waals surface area contributed by atoms with Crippen molar-refractivity contribution in [2.24, 2.45) is 7.05 Å². The maximum absolute atomic E-state index is 11.9.